The average Bonchev–Trinajstić information content (AvgIpc) is 2.84. The molecule has 0 aromatic carbocycles. The van der Waals surface area contributed by atoms with Crippen LogP contribution < -0.4 is 0 Å². The van der Waals surface area contributed by atoms with Gasteiger partial charge < -0.3 is 14.6 Å². The number of aliphatic hydroxyl groups is 1. The van der Waals surface area contributed by atoms with E-state index < -0.39 is 24.6 Å². The molecular weight excluding hydrogens is 454 g/mol. The quantitative estimate of drug-likeness (QED) is 0.232. The van der Waals surface area contributed by atoms with Gasteiger partial charge in [-0.15, -0.1) is 0 Å². The van der Waals surface area contributed by atoms with Crippen LogP contribution in [0.15, 0.2) is 36.5 Å². The Morgan fingerprint density at radius 1 is 0.971 bits per heavy atom. The molecule has 0 aromatic rings. The molecule has 1 N–H and O–H groups in total. The highest BCUT2D eigenvalue weighted by Crippen LogP contribution is 2.43. The molecule has 2 fully saturated rings. The summed E-state index contributed by atoms with van der Waals surface area (Å²) in [7, 11) is 0. The molecule has 0 bridgehead atoms. The summed E-state index contributed by atoms with van der Waals surface area (Å²) < 4.78 is 35.3. The Balaban J connectivity index is 1.76. The van der Waals surface area contributed by atoms with Gasteiger partial charge in [0.25, 0.3) is 6.08 Å². The molecule has 2 aliphatic carbocycles. The molecule has 2 rings (SSSR count). The molecule has 0 spiro atoms. The van der Waals surface area contributed by atoms with Crippen LogP contribution in [-0.2, 0) is 19.1 Å². The fourth-order valence-corrected chi connectivity index (χ4v) is 5.57. The van der Waals surface area contributed by atoms with Crippen LogP contribution in [-0.4, -0.2) is 36.4 Å². The van der Waals surface area contributed by atoms with E-state index in [1.165, 1.54) is 25.7 Å². The molecule has 35 heavy (non-hydrogen) atoms. The van der Waals surface area contributed by atoms with Crippen LogP contribution in [0.5, 0.6) is 0 Å². The van der Waals surface area contributed by atoms with Gasteiger partial charge in [0.15, 0.2) is 0 Å². The lowest BCUT2D eigenvalue weighted by atomic mass is 9.68. The predicted octanol–water partition coefficient (Wildman–Crippen LogP) is 6.52. The Labute approximate surface area is 208 Å². The van der Waals surface area contributed by atoms with Gasteiger partial charge in [-0.2, -0.15) is 8.78 Å². The molecule has 0 aromatic heterocycles. The molecular formula is C28H42F2O5. The highest BCUT2D eigenvalue weighted by atomic mass is 19.3. The zero-order valence-corrected chi connectivity index (χ0v) is 21.1. The van der Waals surface area contributed by atoms with Crippen molar-refractivity contribution >= 4 is 11.9 Å². The third-order valence-corrected chi connectivity index (χ3v) is 7.69. The van der Waals surface area contributed by atoms with Gasteiger partial charge in [0.1, 0.15) is 6.10 Å². The second kappa shape index (κ2) is 15.2. The number of carbonyl (C=O) groups excluding carboxylic acids is 2. The molecule has 1 unspecified atom stereocenters. The number of aliphatic hydroxyl groups excluding tert-OH is 1. The number of carbonyl (C=O) groups is 2. The van der Waals surface area contributed by atoms with Crippen LogP contribution in [0.3, 0.4) is 0 Å². The van der Waals surface area contributed by atoms with Crippen molar-refractivity contribution in [2.75, 3.05) is 13.2 Å². The Kier molecular flexibility index (Phi) is 12.7. The predicted molar refractivity (Wildman–Crippen MR) is 132 cm³/mol. The van der Waals surface area contributed by atoms with Crippen molar-refractivity contribution in [3.05, 3.63) is 36.5 Å². The number of hydrogen-bond acceptors (Lipinski definition) is 5. The number of hydrogen-bond donors (Lipinski definition) is 1. The zero-order valence-electron chi connectivity index (χ0n) is 21.1. The van der Waals surface area contributed by atoms with Crippen molar-refractivity contribution in [3.63, 3.8) is 0 Å². The molecule has 1 atom stereocenters. The van der Waals surface area contributed by atoms with Gasteiger partial charge in [0.05, 0.1) is 18.8 Å². The van der Waals surface area contributed by atoms with Crippen molar-refractivity contribution in [3.8, 4) is 0 Å². The summed E-state index contributed by atoms with van der Waals surface area (Å²) in [5.74, 6) is 1.41. The topological polar surface area (TPSA) is 72.8 Å². The highest BCUT2D eigenvalue weighted by Gasteiger charge is 2.32. The molecule has 5 nitrogen and oxygen atoms in total. The van der Waals surface area contributed by atoms with Crippen LogP contribution in [0.2, 0.25) is 0 Å². The van der Waals surface area contributed by atoms with Crippen molar-refractivity contribution in [2.45, 2.75) is 90.1 Å². The van der Waals surface area contributed by atoms with Gasteiger partial charge in [-0.1, -0.05) is 38.8 Å². The van der Waals surface area contributed by atoms with E-state index in [9.17, 15) is 18.4 Å². The maximum Gasteiger partial charge on any atom is 0.335 e. The van der Waals surface area contributed by atoms with Gasteiger partial charge in [-0.3, -0.25) is 0 Å². The SMILES string of the molecule is C=C(C)C(=O)OC(CCOC(=O)C(=C)CO)CC1CCC(C2CCC(CCC=C(F)F)CC2)CC1. The van der Waals surface area contributed by atoms with Gasteiger partial charge in [0.2, 0.25) is 0 Å². The fourth-order valence-electron chi connectivity index (χ4n) is 5.57. The van der Waals surface area contributed by atoms with Crippen LogP contribution in [0.1, 0.15) is 84.0 Å². The van der Waals surface area contributed by atoms with Gasteiger partial charge in [-0.25, -0.2) is 9.59 Å². The van der Waals surface area contributed by atoms with E-state index in [0.29, 0.717) is 30.3 Å². The van der Waals surface area contributed by atoms with Gasteiger partial charge >= 0.3 is 11.9 Å². The minimum absolute atomic E-state index is 0.00155. The van der Waals surface area contributed by atoms with E-state index in [1.807, 2.05) is 0 Å². The van der Waals surface area contributed by atoms with Crippen molar-refractivity contribution in [2.24, 2.45) is 23.7 Å². The van der Waals surface area contributed by atoms with Crippen LogP contribution in [0.4, 0.5) is 8.78 Å². The molecule has 2 saturated carbocycles. The van der Waals surface area contributed by atoms with E-state index in [1.54, 1.807) is 6.92 Å². The van der Waals surface area contributed by atoms with Crippen molar-refractivity contribution in [1.29, 1.82) is 0 Å². The maximum atomic E-state index is 12.2. The van der Waals surface area contributed by atoms with Crippen molar-refractivity contribution < 1.29 is 33.0 Å². The lowest BCUT2D eigenvalue weighted by Gasteiger charge is -2.38. The van der Waals surface area contributed by atoms with Crippen LogP contribution in [0, 0.1) is 23.7 Å². The standard InChI is InChI=1S/C28H42F2O5/c1-19(2)27(32)35-25(15-16-34-28(33)20(3)18-31)17-22-9-13-24(14-10-22)23-11-7-21(8-12-23)5-4-6-26(29)30/h6,21-25,31H,1,3-5,7-18H2,2H3. The Morgan fingerprint density at radius 3 is 2.06 bits per heavy atom. The molecule has 0 heterocycles. The number of halogens is 2. The van der Waals surface area contributed by atoms with Gasteiger partial charge in [0, 0.05) is 12.0 Å². The van der Waals surface area contributed by atoms with Crippen LogP contribution in [0.25, 0.3) is 0 Å². The lowest BCUT2D eigenvalue weighted by Crippen LogP contribution is -2.29. The van der Waals surface area contributed by atoms with Gasteiger partial charge in [-0.05, 0) is 81.6 Å². The Morgan fingerprint density at radius 2 is 1.54 bits per heavy atom. The lowest BCUT2D eigenvalue weighted by molar-refractivity contribution is -0.147. The summed E-state index contributed by atoms with van der Waals surface area (Å²) in [5.41, 5.74) is 0.337. The third kappa shape index (κ3) is 10.6. The first-order valence-corrected chi connectivity index (χ1v) is 13.0. The summed E-state index contributed by atoms with van der Waals surface area (Å²) in [6, 6.07) is 0. The smallest absolute Gasteiger partial charge is 0.335 e. The largest absolute Gasteiger partial charge is 0.462 e. The van der Waals surface area contributed by atoms with E-state index >= 15 is 0 Å². The summed E-state index contributed by atoms with van der Waals surface area (Å²) >= 11 is 0. The van der Waals surface area contributed by atoms with E-state index in [4.69, 9.17) is 14.6 Å². The van der Waals surface area contributed by atoms with Crippen LogP contribution >= 0.6 is 0 Å². The number of ether oxygens (including phenoxy) is 2. The molecule has 7 heteroatoms. The van der Waals surface area contributed by atoms with E-state index in [0.717, 1.165) is 56.4 Å². The fraction of sp³-hybridized carbons (Fsp3) is 0.714. The summed E-state index contributed by atoms with van der Waals surface area (Å²) in [6.45, 7) is 8.36. The third-order valence-electron chi connectivity index (χ3n) is 7.69. The summed E-state index contributed by atoms with van der Waals surface area (Å²) in [6.07, 6.45) is 10.8. The molecule has 0 saturated heterocycles. The molecule has 198 valence electrons. The van der Waals surface area contributed by atoms with E-state index in [2.05, 4.69) is 13.2 Å². The molecule has 0 aliphatic heterocycles. The molecule has 0 radical (unpaired) electrons. The number of esters is 2. The monoisotopic (exact) mass is 496 g/mol. The molecule has 0 amide bonds. The maximum absolute atomic E-state index is 12.2. The minimum atomic E-state index is -1.57. The Bertz CT molecular complexity index is 742. The highest BCUT2D eigenvalue weighted by molar-refractivity contribution is 5.88. The first kappa shape index (κ1) is 29.2. The summed E-state index contributed by atoms with van der Waals surface area (Å²) in [4.78, 5) is 23.8. The summed E-state index contributed by atoms with van der Waals surface area (Å²) in [5, 5.41) is 8.98. The second-order valence-corrected chi connectivity index (χ2v) is 10.4. The normalized spacial score (nSPS) is 25.3. The first-order chi connectivity index (χ1) is 16.7. The van der Waals surface area contributed by atoms with E-state index in [-0.39, 0.29) is 18.3 Å². The second-order valence-electron chi connectivity index (χ2n) is 10.4. The Hall–Kier alpha value is -2.02. The molecule has 2 aliphatic rings. The number of rotatable bonds is 13. The first-order valence-electron chi connectivity index (χ1n) is 13.0. The average molecular weight is 497 g/mol. The zero-order chi connectivity index (χ0) is 25.8. The van der Waals surface area contributed by atoms with Crippen molar-refractivity contribution in [1.82, 2.24) is 0 Å². The minimum Gasteiger partial charge on any atom is -0.462 e. The number of allylic oxidation sites excluding steroid dienone is 1.